The topological polar surface area (TPSA) is 66.9 Å². The predicted octanol–water partition coefficient (Wildman–Crippen LogP) is 3.13. The average molecular weight is 287 g/mol. The number of nitrogens with two attached hydrogens (primary N) is 1. The first-order valence-corrected chi connectivity index (χ1v) is 6.49. The number of rotatable bonds is 3. The highest BCUT2D eigenvalue weighted by Gasteiger charge is 1.99. The molecule has 0 aliphatic carbocycles. The van der Waals surface area contributed by atoms with Crippen LogP contribution in [0.25, 0.3) is 0 Å². The van der Waals surface area contributed by atoms with E-state index in [2.05, 4.69) is 12.1 Å². The number of carbonyl (C=O) groups excluding carboxylic acids is 1. The Balaban J connectivity index is 0.000000204. The van der Waals surface area contributed by atoms with Crippen molar-refractivity contribution in [3.8, 4) is 6.07 Å². The Morgan fingerprint density at radius 3 is 2.15 bits per heavy atom. The Hall–Kier alpha value is -2.15. The molecule has 0 fully saturated rings. The molecule has 0 aliphatic heterocycles. The second-order valence-corrected chi connectivity index (χ2v) is 4.33. The maximum Gasteiger partial charge on any atom is 0.252 e. The van der Waals surface area contributed by atoms with Crippen molar-refractivity contribution in [1.29, 1.82) is 5.26 Å². The van der Waals surface area contributed by atoms with Gasteiger partial charge in [0.15, 0.2) is 0 Å². The van der Waals surface area contributed by atoms with Crippen LogP contribution >= 0.6 is 11.6 Å². The Labute approximate surface area is 123 Å². The molecule has 4 heteroatoms. The summed E-state index contributed by atoms with van der Waals surface area (Å²) in [5.74, 6) is 0. The smallest absolute Gasteiger partial charge is 0.252 e. The van der Waals surface area contributed by atoms with Crippen LogP contribution in [0, 0.1) is 11.3 Å². The van der Waals surface area contributed by atoms with Crippen LogP contribution in [-0.4, -0.2) is 11.8 Å². The van der Waals surface area contributed by atoms with E-state index in [1.807, 2.05) is 24.3 Å². The third-order valence-electron chi connectivity index (χ3n) is 2.52. The van der Waals surface area contributed by atoms with Crippen LogP contribution in [0.4, 0.5) is 0 Å². The Kier molecular flexibility index (Phi) is 7.05. The first-order valence-electron chi connectivity index (χ1n) is 6.11. The van der Waals surface area contributed by atoms with Gasteiger partial charge < -0.3 is 5.73 Å². The summed E-state index contributed by atoms with van der Waals surface area (Å²) < 4.78 is 0. The minimum atomic E-state index is -0.505. The van der Waals surface area contributed by atoms with Crippen molar-refractivity contribution in [2.75, 3.05) is 6.54 Å². The normalized spacial score (nSPS) is 9.05. The molecule has 2 rings (SSSR count). The minimum absolute atomic E-state index is 0.408. The maximum absolute atomic E-state index is 10.5. The van der Waals surface area contributed by atoms with Crippen molar-refractivity contribution < 1.29 is 4.79 Å². The van der Waals surface area contributed by atoms with Crippen LogP contribution in [0.1, 0.15) is 21.5 Å². The van der Waals surface area contributed by atoms with Crippen LogP contribution < -0.4 is 5.73 Å². The molecular weight excluding hydrogens is 272 g/mol. The van der Waals surface area contributed by atoms with Gasteiger partial charge in [0.1, 0.15) is 0 Å². The molecule has 0 bridgehead atoms. The summed E-state index contributed by atoms with van der Waals surface area (Å²) in [6, 6.07) is 18.3. The standard InChI is InChI=1S/C8H4ClNO.C8H11N/c9-8(11)7-3-1-6(5-10)2-4-7;9-7-6-8-4-2-1-3-5-8/h1-4H;1-5H,6-7,9H2. The van der Waals surface area contributed by atoms with Gasteiger partial charge in [0, 0.05) is 5.56 Å². The summed E-state index contributed by atoms with van der Waals surface area (Å²) in [5.41, 5.74) is 7.61. The van der Waals surface area contributed by atoms with Crippen molar-refractivity contribution in [1.82, 2.24) is 0 Å². The molecule has 0 saturated carbocycles. The van der Waals surface area contributed by atoms with Gasteiger partial charge in [-0.1, -0.05) is 30.3 Å². The maximum atomic E-state index is 10.5. The van der Waals surface area contributed by atoms with Crippen LogP contribution in [-0.2, 0) is 6.42 Å². The van der Waals surface area contributed by atoms with Crippen molar-refractivity contribution in [3.05, 3.63) is 71.3 Å². The summed E-state index contributed by atoms with van der Waals surface area (Å²) in [7, 11) is 0. The molecule has 3 nitrogen and oxygen atoms in total. The largest absolute Gasteiger partial charge is 0.330 e. The van der Waals surface area contributed by atoms with Crippen LogP contribution in [0.3, 0.4) is 0 Å². The molecule has 0 aromatic heterocycles. The van der Waals surface area contributed by atoms with Gasteiger partial charge in [-0.25, -0.2) is 0 Å². The van der Waals surface area contributed by atoms with Gasteiger partial charge in [-0.2, -0.15) is 5.26 Å². The van der Waals surface area contributed by atoms with E-state index in [-0.39, 0.29) is 0 Å². The fourth-order valence-electron chi connectivity index (χ4n) is 1.49. The Bertz CT molecular complexity index is 574. The third kappa shape index (κ3) is 5.66. The molecule has 0 radical (unpaired) electrons. The molecule has 0 amide bonds. The molecule has 0 saturated heterocycles. The second kappa shape index (κ2) is 8.87. The summed E-state index contributed by atoms with van der Waals surface area (Å²) >= 11 is 5.18. The lowest BCUT2D eigenvalue weighted by Crippen LogP contribution is -2.01. The van der Waals surface area contributed by atoms with Gasteiger partial charge >= 0.3 is 0 Å². The van der Waals surface area contributed by atoms with E-state index in [1.165, 1.54) is 17.7 Å². The van der Waals surface area contributed by atoms with E-state index >= 15 is 0 Å². The predicted molar refractivity (Wildman–Crippen MR) is 80.5 cm³/mol. The van der Waals surface area contributed by atoms with Crippen molar-refractivity contribution in [2.24, 2.45) is 5.73 Å². The Morgan fingerprint density at radius 2 is 1.70 bits per heavy atom. The minimum Gasteiger partial charge on any atom is -0.330 e. The fraction of sp³-hybridized carbons (Fsp3) is 0.125. The Morgan fingerprint density at radius 1 is 1.10 bits per heavy atom. The van der Waals surface area contributed by atoms with E-state index in [4.69, 9.17) is 22.6 Å². The lowest BCUT2D eigenvalue weighted by Gasteiger charge is -1.93. The molecule has 0 heterocycles. The molecule has 20 heavy (non-hydrogen) atoms. The molecule has 0 atom stereocenters. The van der Waals surface area contributed by atoms with Crippen molar-refractivity contribution >= 4 is 16.8 Å². The zero-order chi connectivity index (χ0) is 14.8. The van der Waals surface area contributed by atoms with Crippen LogP contribution in [0.15, 0.2) is 54.6 Å². The highest BCUT2D eigenvalue weighted by atomic mass is 35.5. The highest BCUT2D eigenvalue weighted by Crippen LogP contribution is 2.05. The number of benzene rings is 2. The van der Waals surface area contributed by atoms with Gasteiger partial charge in [-0.05, 0) is 54.4 Å². The summed E-state index contributed by atoms with van der Waals surface area (Å²) in [6.07, 6.45) is 0.987. The van der Waals surface area contributed by atoms with E-state index < -0.39 is 5.24 Å². The van der Waals surface area contributed by atoms with Crippen LogP contribution in [0.5, 0.6) is 0 Å². The molecule has 2 aromatic rings. The van der Waals surface area contributed by atoms with E-state index in [1.54, 1.807) is 12.1 Å². The third-order valence-corrected chi connectivity index (χ3v) is 2.74. The molecule has 2 N–H and O–H groups in total. The second-order valence-electron chi connectivity index (χ2n) is 3.99. The quantitative estimate of drug-likeness (QED) is 0.882. The molecule has 0 spiro atoms. The fourth-order valence-corrected chi connectivity index (χ4v) is 1.61. The lowest BCUT2D eigenvalue weighted by atomic mass is 10.2. The number of nitrogens with zero attached hydrogens (tertiary/aromatic N) is 1. The molecule has 2 aromatic carbocycles. The zero-order valence-electron chi connectivity index (χ0n) is 10.9. The van der Waals surface area contributed by atoms with Crippen molar-refractivity contribution in [3.63, 3.8) is 0 Å². The van der Waals surface area contributed by atoms with Gasteiger partial charge in [0.25, 0.3) is 5.24 Å². The highest BCUT2D eigenvalue weighted by molar-refractivity contribution is 6.67. The van der Waals surface area contributed by atoms with Crippen molar-refractivity contribution in [2.45, 2.75) is 6.42 Å². The van der Waals surface area contributed by atoms with Gasteiger partial charge in [-0.15, -0.1) is 0 Å². The number of carbonyl (C=O) groups is 1. The number of hydrogen-bond acceptors (Lipinski definition) is 3. The van der Waals surface area contributed by atoms with E-state index in [0.29, 0.717) is 11.1 Å². The van der Waals surface area contributed by atoms with E-state index in [9.17, 15) is 4.79 Å². The first kappa shape index (κ1) is 15.9. The first-order chi connectivity index (χ1) is 9.67. The zero-order valence-corrected chi connectivity index (χ0v) is 11.7. The number of halogens is 1. The summed E-state index contributed by atoms with van der Waals surface area (Å²) in [6.45, 7) is 0.740. The number of nitriles is 1. The molecule has 102 valence electrons. The molecule has 0 unspecified atom stereocenters. The summed E-state index contributed by atoms with van der Waals surface area (Å²) in [5, 5.41) is 7.89. The summed E-state index contributed by atoms with van der Waals surface area (Å²) in [4.78, 5) is 10.5. The number of hydrogen-bond donors (Lipinski definition) is 1. The van der Waals surface area contributed by atoms with E-state index in [0.717, 1.165) is 13.0 Å². The average Bonchev–Trinajstić information content (AvgIpc) is 2.49. The monoisotopic (exact) mass is 286 g/mol. The van der Waals surface area contributed by atoms with Crippen LogP contribution in [0.2, 0.25) is 0 Å². The molecular formula is C16H15ClN2O. The van der Waals surface area contributed by atoms with Gasteiger partial charge in [-0.3, -0.25) is 4.79 Å². The lowest BCUT2D eigenvalue weighted by molar-refractivity contribution is 0.108. The van der Waals surface area contributed by atoms with Gasteiger partial charge in [0.05, 0.1) is 11.6 Å². The SMILES string of the molecule is N#Cc1ccc(C(=O)Cl)cc1.NCCc1ccccc1. The van der Waals surface area contributed by atoms with Gasteiger partial charge in [0.2, 0.25) is 0 Å². The molecule has 0 aliphatic rings.